The first-order valence-electron chi connectivity index (χ1n) is 32.2. The van der Waals surface area contributed by atoms with Crippen molar-refractivity contribution in [3.05, 3.63) is 24.3 Å². The van der Waals surface area contributed by atoms with E-state index in [0.29, 0.717) is 17.4 Å². The third-order valence-electron chi connectivity index (χ3n) is 14.9. The Morgan fingerprint density at radius 1 is 0.466 bits per heavy atom. The number of phosphoric ester groups is 1. The lowest BCUT2D eigenvalue weighted by Gasteiger charge is -2.29. The average Bonchev–Trinajstić information content (AvgIpc) is 3.35. The summed E-state index contributed by atoms with van der Waals surface area (Å²) in [6, 6.07) is -0.901. The smallest absolute Gasteiger partial charge is 0.268 e. The minimum atomic E-state index is -4.61. The number of unbranched alkanes of at least 4 members (excludes halogenated alkanes) is 45. The van der Waals surface area contributed by atoms with Crippen molar-refractivity contribution in [2.45, 2.75) is 341 Å². The highest BCUT2D eigenvalue weighted by Crippen LogP contribution is 2.38. The molecule has 0 saturated heterocycles. The molecule has 0 radical (unpaired) electrons. The maximum Gasteiger partial charge on any atom is 0.268 e. The summed E-state index contributed by atoms with van der Waals surface area (Å²) in [6.45, 7) is 4.69. The van der Waals surface area contributed by atoms with Crippen LogP contribution >= 0.6 is 7.82 Å². The number of nitrogens with zero attached hydrogens (tertiary/aromatic N) is 1. The molecular formula is C64H127N2O6P. The number of carbonyl (C=O) groups is 1. The van der Waals surface area contributed by atoms with Gasteiger partial charge in [0.15, 0.2) is 0 Å². The third kappa shape index (κ3) is 58.5. The lowest BCUT2D eigenvalue weighted by Crippen LogP contribution is -2.45. The Morgan fingerprint density at radius 2 is 0.767 bits per heavy atom. The van der Waals surface area contributed by atoms with E-state index < -0.39 is 20.0 Å². The van der Waals surface area contributed by atoms with E-state index in [0.717, 1.165) is 38.5 Å². The van der Waals surface area contributed by atoms with Gasteiger partial charge in [0.25, 0.3) is 7.82 Å². The van der Waals surface area contributed by atoms with Crippen LogP contribution in [0.25, 0.3) is 0 Å². The molecule has 0 aromatic heterocycles. The van der Waals surface area contributed by atoms with Gasteiger partial charge in [-0.15, -0.1) is 0 Å². The Morgan fingerprint density at radius 3 is 1.11 bits per heavy atom. The molecule has 0 aliphatic carbocycles. The third-order valence-corrected chi connectivity index (χ3v) is 15.9. The topological polar surface area (TPSA) is 108 Å². The fourth-order valence-electron chi connectivity index (χ4n) is 9.88. The molecule has 0 bridgehead atoms. The number of allylic oxidation sites excluding steroid dienone is 3. The van der Waals surface area contributed by atoms with Gasteiger partial charge in [0.1, 0.15) is 13.2 Å². The highest BCUT2D eigenvalue weighted by Gasteiger charge is 2.23. The number of nitrogens with one attached hydrogen (secondary N) is 1. The first-order valence-corrected chi connectivity index (χ1v) is 33.7. The number of hydrogen-bond donors (Lipinski definition) is 2. The molecule has 73 heavy (non-hydrogen) atoms. The van der Waals surface area contributed by atoms with Crippen molar-refractivity contribution in [1.82, 2.24) is 5.32 Å². The first kappa shape index (κ1) is 72.0. The van der Waals surface area contributed by atoms with E-state index in [1.807, 2.05) is 27.2 Å². The summed E-state index contributed by atoms with van der Waals surface area (Å²) in [7, 11) is 1.26. The zero-order valence-corrected chi connectivity index (χ0v) is 50.5. The van der Waals surface area contributed by atoms with Crippen LogP contribution in [0.2, 0.25) is 0 Å². The van der Waals surface area contributed by atoms with Gasteiger partial charge in [-0.2, -0.15) is 0 Å². The predicted molar refractivity (Wildman–Crippen MR) is 316 cm³/mol. The van der Waals surface area contributed by atoms with E-state index in [9.17, 15) is 19.4 Å². The quantitative estimate of drug-likeness (QED) is 0.0272. The molecule has 0 saturated carbocycles. The minimum Gasteiger partial charge on any atom is -0.756 e. The molecule has 434 valence electrons. The van der Waals surface area contributed by atoms with Crippen LogP contribution in [0.1, 0.15) is 328 Å². The zero-order chi connectivity index (χ0) is 53.5. The number of rotatable bonds is 60. The molecule has 9 heteroatoms. The number of quaternary nitrogens is 1. The van der Waals surface area contributed by atoms with Crippen molar-refractivity contribution in [3.8, 4) is 0 Å². The fraction of sp³-hybridized carbons (Fsp3) is 0.922. The van der Waals surface area contributed by atoms with Gasteiger partial charge in [-0.05, 0) is 32.1 Å². The Bertz CT molecular complexity index is 1240. The largest absolute Gasteiger partial charge is 0.756 e. The second-order valence-electron chi connectivity index (χ2n) is 23.5. The molecule has 0 heterocycles. The van der Waals surface area contributed by atoms with Crippen molar-refractivity contribution in [1.29, 1.82) is 0 Å². The van der Waals surface area contributed by atoms with Gasteiger partial charge in [-0.25, -0.2) is 0 Å². The van der Waals surface area contributed by atoms with Crippen LogP contribution in [-0.2, 0) is 18.4 Å². The van der Waals surface area contributed by atoms with E-state index in [2.05, 4.69) is 31.3 Å². The van der Waals surface area contributed by atoms with Crippen LogP contribution in [0.3, 0.4) is 0 Å². The van der Waals surface area contributed by atoms with E-state index in [4.69, 9.17) is 9.05 Å². The number of carbonyl (C=O) groups excluding carboxylic acids is 1. The first-order chi connectivity index (χ1) is 35.5. The number of likely N-dealkylation sites (N-methyl/N-ethyl adjacent to an activating group) is 1. The Labute approximate surface area is 455 Å². The van der Waals surface area contributed by atoms with Crippen molar-refractivity contribution in [2.24, 2.45) is 0 Å². The number of aliphatic hydroxyl groups is 1. The molecule has 0 aliphatic heterocycles. The number of hydrogen-bond acceptors (Lipinski definition) is 6. The van der Waals surface area contributed by atoms with E-state index >= 15 is 0 Å². The van der Waals surface area contributed by atoms with Crippen LogP contribution in [0, 0.1) is 0 Å². The SMILES string of the molecule is CCCCCCCCCCCCCCCCCCCCCCCC/C=C/CC/C=C/C(O)C(COP(=O)([O-])OCC[N+](C)(C)C)NC(=O)CCCCCCCCCCCCCCCCCCCCCCCCC. The average molecular weight is 1050 g/mol. The van der Waals surface area contributed by atoms with Gasteiger partial charge in [0, 0.05) is 6.42 Å². The van der Waals surface area contributed by atoms with Crippen LogP contribution in [0.15, 0.2) is 24.3 Å². The van der Waals surface area contributed by atoms with Gasteiger partial charge >= 0.3 is 0 Å². The van der Waals surface area contributed by atoms with Gasteiger partial charge < -0.3 is 28.8 Å². The minimum absolute atomic E-state index is 0.00353. The second-order valence-corrected chi connectivity index (χ2v) is 24.9. The van der Waals surface area contributed by atoms with E-state index in [-0.39, 0.29) is 19.1 Å². The maximum absolute atomic E-state index is 13.0. The van der Waals surface area contributed by atoms with Gasteiger partial charge in [-0.1, -0.05) is 314 Å². The summed E-state index contributed by atoms with van der Waals surface area (Å²) >= 11 is 0. The number of aliphatic hydroxyl groups excluding tert-OH is 1. The molecule has 3 unspecified atom stereocenters. The highest BCUT2D eigenvalue weighted by atomic mass is 31.2. The summed E-state index contributed by atoms with van der Waals surface area (Å²) in [4.78, 5) is 25.6. The predicted octanol–water partition coefficient (Wildman–Crippen LogP) is 19.3. The molecule has 0 spiro atoms. The number of phosphoric acid groups is 1. The summed E-state index contributed by atoms with van der Waals surface area (Å²) < 4.78 is 23.4. The molecule has 3 atom stereocenters. The van der Waals surface area contributed by atoms with Crippen molar-refractivity contribution >= 4 is 13.7 Å². The highest BCUT2D eigenvalue weighted by molar-refractivity contribution is 7.45. The Hall–Kier alpha value is -1.02. The number of amides is 1. The van der Waals surface area contributed by atoms with Gasteiger partial charge in [0.2, 0.25) is 5.91 Å². The molecule has 0 aromatic carbocycles. The summed E-state index contributed by atoms with van der Waals surface area (Å²) in [6.07, 6.45) is 71.4. The monoisotopic (exact) mass is 1050 g/mol. The lowest BCUT2D eigenvalue weighted by molar-refractivity contribution is -0.870. The second kappa shape index (κ2) is 55.7. The van der Waals surface area contributed by atoms with Crippen LogP contribution in [0.4, 0.5) is 0 Å². The van der Waals surface area contributed by atoms with Crippen molar-refractivity contribution < 1.29 is 32.9 Å². The van der Waals surface area contributed by atoms with Crippen molar-refractivity contribution in [2.75, 3.05) is 40.9 Å². The fourth-order valence-corrected chi connectivity index (χ4v) is 10.6. The zero-order valence-electron chi connectivity index (χ0n) is 49.6. The summed E-state index contributed by atoms with van der Waals surface area (Å²) in [5, 5.41) is 13.9. The molecule has 0 fully saturated rings. The molecule has 2 N–H and O–H groups in total. The van der Waals surface area contributed by atoms with E-state index in [1.54, 1.807) is 6.08 Å². The van der Waals surface area contributed by atoms with Crippen LogP contribution in [-0.4, -0.2) is 68.5 Å². The summed E-state index contributed by atoms with van der Waals surface area (Å²) in [5.41, 5.74) is 0. The Kier molecular flexibility index (Phi) is 54.9. The molecule has 1 amide bonds. The van der Waals surface area contributed by atoms with Crippen LogP contribution < -0.4 is 10.2 Å². The molecule has 0 rings (SSSR count). The standard InChI is InChI=1S/C64H127N2O6P/c1-6-8-10-12-14-16-18-20-22-24-26-28-30-31-32-33-34-36-37-39-41-43-45-47-49-51-53-55-57-63(67)62(61-72-73(69,70)71-60-59-66(3,4)5)65-64(68)58-56-54-52-50-48-46-44-42-40-38-35-29-27-25-23-21-19-17-15-13-11-9-7-2/h47,49,55,57,62-63,67H,6-46,48,50-54,56,58-61H2,1-5H3,(H-,65,68,69,70)/b49-47+,57-55+. The lowest BCUT2D eigenvalue weighted by atomic mass is 10.0. The molecule has 0 aliphatic rings. The van der Waals surface area contributed by atoms with E-state index in [1.165, 1.54) is 270 Å². The van der Waals surface area contributed by atoms with Gasteiger partial charge in [0.05, 0.1) is 39.9 Å². The summed E-state index contributed by atoms with van der Waals surface area (Å²) in [5.74, 6) is -0.199. The van der Waals surface area contributed by atoms with Crippen LogP contribution in [0.5, 0.6) is 0 Å². The molecular weight excluding hydrogens is 924 g/mol. The van der Waals surface area contributed by atoms with Crippen molar-refractivity contribution in [3.63, 3.8) is 0 Å². The maximum atomic E-state index is 13.0. The molecule has 8 nitrogen and oxygen atoms in total. The normalized spacial score (nSPS) is 13.9. The Balaban J connectivity index is 4.14. The molecule has 0 aromatic rings. The van der Waals surface area contributed by atoms with Gasteiger partial charge in [-0.3, -0.25) is 9.36 Å².